The minimum Gasteiger partial charge on any atom is -0.343 e. The maximum Gasteiger partial charge on any atom is 0.138 e. The van der Waals surface area contributed by atoms with E-state index < -0.39 is 0 Å². The number of nitrogens with zero attached hydrogens (tertiary/aromatic N) is 4. The van der Waals surface area contributed by atoms with E-state index in [1.165, 1.54) is 16.5 Å². The molecule has 0 aliphatic heterocycles. The van der Waals surface area contributed by atoms with Gasteiger partial charge in [0.25, 0.3) is 0 Å². The molecule has 0 bridgehead atoms. The van der Waals surface area contributed by atoms with Gasteiger partial charge >= 0.3 is 0 Å². The van der Waals surface area contributed by atoms with Crippen LogP contribution in [0.1, 0.15) is 11.1 Å². The molecule has 1 N–H and O–H groups in total. The maximum absolute atomic E-state index is 6.32. The van der Waals surface area contributed by atoms with Crippen molar-refractivity contribution in [1.82, 2.24) is 19.4 Å². The van der Waals surface area contributed by atoms with Gasteiger partial charge in [0.1, 0.15) is 12.7 Å². The van der Waals surface area contributed by atoms with Crippen LogP contribution in [0.25, 0.3) is 10.9 Å². The number of hydrogen-bond donors (Lipinski definition) is 1. The zero-order chi connectivity index (χ0) is 16.4. The second-order valence-corrected chi connectivity index (χ2v) is 6.00. The quantitative estimate of drug-likeness (QED) is 0.604. The first-order valence-electron chi connectivity index (χ1n) is 7.70. The number of fused-ring (bicyclic) bond motifs is 1. The van der Waals surface area contributed by atoms with E-state index in [-0.39, 0.29) is 0 Å². The second-order valence-electron chi connectivity index (χ2n) is 5.59. The molecular weight excluding hydrogens is 322 g/mol. The minimum absolute atomic E-state index is 0.689. The van der Waals surface area contributed by atoms with Gasteiger partial charge in [-0.2, -0.15) is 0 Å². The Bertz CT molecular complexity index is 959. The Balaban J connectivity index is 1.67. The predicted molar refractivity (Wildman–Crippen MR) is 95.6 cm³/mol. The lowest BCUT2D eigenvalue weighted by Gasteiger charge is -2.07. The van der Waals surface area contributed by atoms with Crippen molar-refractivity contribution in [3.63, 3.8) is 0 Å². The molecule has 2 aromatic heterocycles. The highest BCUT2D eigenvalue weighted by molar-refractivity contribution is 6.31. The lowest BCUT2D eigenvalue weighted by molar-refractivity contribution is 0.812. The predicted octanol–water partition coefficient (Wildman–Crippen LogP) is 3.68. The third-order valence-electron chi connectivity index (χ3n) is 4.04. The van der Waals surface area contributed by atoms with E-state index in [0.29, 0.717) is 6.54 Å². The Morgan fingerprint density at radius 2 is 1.67 bits per heavy atom. The highest BCUT2D eigenvalue weighted by Crippen LogP contribution is 2.24. The van der Waals surface area contributed by atoms with Crippen molar-refractivity contribution < 1.29 is 0 Å². The van der Waals surface area contributed by atoms with Crippen molar-refractivity contribution >= 4 is 22.5 Å². The Kier molecular flexibility index (Phi) is 3.92. The molecule has 4 rings (SSSR count). The molecule has 2 aromatic carbocycles. The van der Waals surface area contributed by atoms with Crippen LogP contribution >= 0.6 is 11.6 Å². The fraction of sp³-hybridized carbons (Fsp3) is 0.111. The van der Waals surface area contributed by atoms with Gasteiger partial charge in [-0.15, -0.1) is 10.2 Å². The number of benzene rings is 2. The Labute approximate surface area is 144 Å². The van der Waals surface area contributed by atoms with Crippen LogP contribution in [-0.4, -0.2) is 19.4 Å². The fourth-order valence-electron chi connectivity index (χ4n) is 2.86. The van der Waals surface area contributed by atoms with Crippen LogP contribution < -0.4 is 5.43 Å². The van der Waals surface area contributed by atoms with Gasteiger partial charge in [0.15, 0.2) is 0 Å². The van der Waals surface area contributed by atoms with Gasteiger partial charge in [-0.3, -0.25) is 0 Å². The molecule has 2 heterocycles. The normalized spacial score (nSPS) is 11.0. The molecule has 4 aromatic rings. The summed E-state index contributed by atoms with van der Waals surface area (Å²) in [5.74, 6) is 0. The second kappa shape index (κ2) is 6.37. The molecule has 24 heavy (non-hydrogen) atoms. The smallest absolute Gasteiger partial charge is 0.138 e. The molecular formula is C18H16ClN5. The van der Waals surface area contributed by atoms with Crippen molar-refractivity contribution in [1.29, 1.82) is 0 Å². The Morgan fingerprint density at radius 1 is 0.917 bits per heavy atom. The van der Waals surface area contributed by atoms with Crippen molar-refractivity contribution in [2.24, 2.45) is 0 Å². The van der Waals surface area contributed by atoms with Gasteiger partial charge in [0.05, 0.1) is 6.54 Å². The van der Waals surface area contributed by atoms with Crippen LogP contribution in [0.4, 0.5) is 0 Å². The first-order chi connectivity index (χ1) is 11.8. The van der Waals surface area contributed by atoms with Crippen molar-refractivity contribution in [2.45, 2.75) is 13.1 Å². The highest BCUT2D eigenvalue weighted by atomic mass is 35.5. The van der Waals surface area contributed by atoms with Crippen LogP contribution in [0, 0.1) is 0 Å². The van der Waals surface area contributed by atoms with E-state index in [2.05, 4.69) is 56.7 Å². The molecule has 5 nitrogen and oxygen atoms in total. The lowest BCUT2D eigenvalue weighted by atomic mass is 10.2. The molecule has 0 saturated heterocycles. The van der Waals surface area contributed by atoms with Gasteiger partial charge in [-0.05, 0) is 23.3 Å². The van der Waals surface area contributed by atoms with Crippen LogP contribution in [0.2, 0.25) is 5.02 Å². The van der Waals surface area contributed by atoms with Gasteiger partial charge in [-0.1, -0.05) is 48.0 Å². The minimum atomic E-state index is 0.689. The summed E-state index contributed by atoms with van der Waals surface area (Å²) in [6.45, 7) is 1.43. The zero-order valence-electron chi connectivity index (χ0n) is 12.9. The van der Waals surface area contributed by atoms with Gasteiger partial charge in [0, 0.05) is 28.7 Å². The Morgan fingerprint density at radius 3 is 2.50 bits per heavy atom. The average molecular weight is 338 g/mol. The molecule has 6 heteroatoms. The van der Waals surface area contributed by atoms with E-state index in [1.807, 2.05) is 18.2 Å². The fourth-order valence-corrected chi connectivity index (χ4v) is 3.06. The van der Waals surface area contributed by atoms with Crippen molar-refractivity contribution in [3.05, 3.63) is 83.5 Å². The van der Waals surface area contributed by atoms with Gasteiger partial charge in [-0.25, -0.2) is 4.68 Å². The maximum atomic E-state index is 6.32. The monoisotopic (exact) mass is 337 g/mol. The summed E-state index contributed by atoms with van der Waals surface area (Å²) in [4.78, 5) is 0. The molecule has 0 atom stereocenters. The summed E-state index contributed by atoms with van der Waals surface area (Å²) in [7, 11) is 0. The molecule has 0 amide bonds. The molecule has 120 valence electrons. The molecule has 0 spiro atoms. The van der Waals surface area contributed by atoms with Crippen LogP contribution in [-0.2, 0) is 13.1 Å². The van der Waals surface area contributed by atoms with E-state index in [1.54, 1.807) is 17.3 Å². The molecule has 0 fully saturated rings. The topological polar surface area (TPSA) is 47.7 Å². The molecule has 0 aliphatic rings. The largest absolute Gasteiger partial charge is 0.343 e. The van der Waals surface area contributed by atoms with Crippen molar-refractivity contribution in [2.75, 3.05) is 5.43 Å². The average Bonchev–Trinajstić information content (AvgIpc) is 3.24. The summed E-state index contributed by atoms with van der Waals surface area (Å²) in [6, 6.07) is 16.3. The molecule has 0 aliphatic carbocycles. The summed E-state index contributed by atoms with van der Waals surface area (Å²) in [5.41, 5.74) is 6.79. The zero-order valence-corrected chi connectivity index (χ0v) is 13.7. The SMILES string of the molecule is Clc1ccccc1Cn1cc(CNn2cnnc2)c2ccccc21. The Hall–Kier alpha value is -2.79. The molecule has 0 radical (unpaired) electrons. The number of nitrogens with one attached hydrogen (secondary N) is 1. The third-order valence-corrected chi connectivity index (χ3v) is 4.41. The van der Waals surface area contributed by atoms with Gasteiger partial charge < -0.3 is 9.99 Å². The summed E-state index contributed by atoms with van der Waals surface area (Å²) >= 11 is 6.32. The summed E-state index contributed by atoms with van der Waals surface area (Å²) in [5, 5.41) is 9.61. The van der Waals surface area contributed by atoms with Crippen LogP contribution in [0.3, 0.4) is 0 Å². The van der Waals surface area contributed by atoms with E-state index in [0.717, 1.165) is 17.1 Å². The van der Waals surface area contributed by atoms with Crippen molar-refractivity contribution in [3.8, 4) is 0 Å². The number of hydrogen-bond acceptors (Lipinski definition) is 3. The number of rotatable bonds is 5. The third kappa shape index (κ3) is 2.86. The molecule has 0 saturated carbocycles. The summed E-state index contributed by atoms with van der Waals surface area (Å²) < 4.78 is 3.99. The van der Waals surface area contributed by atoms with E-state index >= 15 is 0 Å². The molecule has 0 unspecified atom stereocenters. The van der Waals surface area contributed by atoms with E-state index in [9.17, 15) is 0 Å². The highest BCUT2D eigenvalue weighted by Gasteiger charge is 2.09. The summed E-state index contributed by atoms with van der Waals surface area (Å²) in [6.07, 6.45) is 5.46. The lowest BCUT2D eigenvalue weighted by Crippen LogP contribution is -2.11. The standard InChI is InChI=1S/C18H16ClN5/c19-17-7-3-1-5-14(17)10-23-11-15(9-22-24-12-20-21-13-24)16-6-2-4-8-18(16)23/h1-8,11-13,22H,9-10H2. The van der Waals surface area contributed by atoms with E-state index in [4.69, 9.17) is 11.6 Å². The number of halogens is 1. The van der Waals surface area contributed by atoms with Gasteiger partial charge in [0.2, 0.25) is 0 Å². The first-order valence-corrected chi connectivity index (χ1v) is 8.08. The van der Waals surface area contributed by atoms with Crippen LogP contribution in [0.5, 0.6) is 0 Å². The van der Waals surface area contributed by atoms with Crippen LogP contribution in [0.15, 0.2) is 67.4 Å². The first kappa shape index (κ1) is 14.8. The number of para-hydroxylation sites is 1. The number of aromatic nitrogens is 4.